The normalized spacial score (nSPS) is 12.9. The van der Waals surface area contributed by atoms with Crippen molar-refractivity contribution >= 4 is 5.97 Å². The van der Waals surface area contributed by atoms with Gasteiger partial charge < -0.3 is 14.6 Å². The second kappa shape index (κ2) is 6.07. The van der Waals surface area contributed by atoms with Gasteiger partial charge in [-0.25, -0.2) is 8.78 Å². The average Bonchev–Trinajstić information content (AvgIpc) is 2.36. The number of ether oxygens (including phenoxy) is 2. The van der Waals surface area contributed by atoms with E-state index in [4.69, 9.17) is 14.6 Å². The number of hydrogen-bond donors (Lipinski definition) is 1. The number of methoxy groups -OCH3 is 2. The van der Waals surface area contributed by atoms with Gasteiger partial charge in [-0.15, -0.1) is 0 Å². The van der Waals surface area contributed by atoms with Crippen LogP contribution in [0.5, 0.6) is 11.5 Å². The molecule has 1 aromatic carbocycles. The van der Waals surface area contributed by atoms with Gasteiger partial charge in [0.15, 0.2) is 11.5 Å². The minimum Gasteiger partial charge on any atom is -0.493 e. The van der Waals surface area contributed by atoms with Crippen LogP contribution in [-0.4, -0.2) is 25.3 Å². The molecule has 4 nitrogen and oxygen atoms in total. The molecule has 0 fully saturated rings. The molecule has 0 saturated carbocycles. The lowest BCUT2D eigenvalue weighted by Gasteiger charge is -2.19. The fourth-order valence-corrected chi connectivity index (χ4v) is 1.87. The Hall–Kier alpha value is -1.85. The van der Waals surface area contributed by atoms with E-state index in [2.05, 4.69) is 0 Å². The van der Waals surface area contributed by atoms with E-state index < -0.39 is 17.8 Å². The highest BCUT2D eigenvalue weighted by Crippen LogP contribution is 2.39. The highest BCUT2D eigenvalue weighted by atomic mass is 19.3. The SMILES string of the molecule is COc1cc(C(C)(F)F)cc(CC(C)C(=O)O)c1OC. The van der Waals surface area contributed by atoms with Crippen LogP contribution in [0, 0.1) is 5.92 Å². The van der Waals surface area contributed by atoms with Crippen molar-refractivity contribution in [2.45, 2.75) is 26.2 Å². The summed E-state index contributed by atoms with van der Waals surface area (Å²) in [5.41, 5.74) is 0.154. The molecule has 0 aliphatic carbocycles. The van der Waals surface area contributed by atoms with Gasteiger partial charge in [-0.3, -0.25) is 4.79 Å². The maximum absolute atomic E-state index is 13.5. The lowest BCUT2D eigenvalue weighted by atomic mass is 9.96. The smallest absolute Gasteiger partial charge is 0.306 e. The van der Waals surface area contributed by atoms with Crippen LogP contribution in [0.15, 0.2) is 12.1 Å². The molecular formula is C14H18F2O4. The van der Waals surface area contributed by atoms with Crippen molar-refractivity contribution in [3.8, 4) is 11.5 Å². The molecule has 0 heterocycles. The summed E-state index contributed by atoms with van der Waals surface area (Å²) in [6, 6.07) is 2.47. The number of hydrogen-bond acceptors (Lipinski definition) is 3. The van der Waals surface area contributed by atoms with E-state index in [1.807, 2.05) is 0 Å². The van der Waals surface area contributed by atoms with E-state index in [1.165, 1.54) is 33.3 Å². The zero-order valence-electron chi connectivity index (χ0n) is 11.9. The molecule has 0 amide bonds. The van der Waals surface area contributed by atoms with Crippen molar-refractivity contribution in [3.05, 3.63) is 23.3 Å². The van der Waals surface area contributed by atoms with Gasteiger partial charge in [0.2, 0.25) is 0 Å². The van der Waals surface area contributed by atoms with Crippen LogP contribution in [0.1, 0.15) is 25.0 Å². The number of aliphatic carboxylic acids is 1. The van der Waals surface area contributed by atoms with Crippen LogP contribution < -0.4 is 9.47 Å². The molecule has 1 aromatic rings. The first kappa shape index (κ1) is 16.2. The molecule has 0 spiro atoms. The van der Waals surface area contributed by atoms with Gasteiger partial charge in [-0.05, 0) is 24.1 Å². The molecule has 0 radical (unpaired) electrons. The molecule has 20 heavy (non-hydrogen) atoms. The third-order valence-electron chi connectivity index (χ3n) is 3.01. The molecule has 1 rings (SSSR count). The Morgan fingerprint density at radius 1 is 1.35 bits per heavy atom. The minimum atomic E-state index is -3.04. The number of alkyl halides is 2. The van der Waals surface area contributed by atoms with Gasteiger partial charge in [0, 0.05) is 12.5 Å². The van der Waals surface area contributed by atoms with Gasteiger partial charge in [-0.1, -0.05) is 6.92 Å². The molecular weight excluding hydrogens is 270 g/mol. The Kier molecular flexibility index (Phi) is 4.92. The van der Waals surface area contributed by atoms with E-state index in [-0.39, 0.29) is 23.5 Å². The van der Waals surface area contributed by atoms with Crippen LogP contribution in [0.2, 0.25) is 0 Å². The van der Waals surface area contributed by atoms with Gasteiger partial charge in [0.25, 0.3) is 5.92 Å². The van der Waals surface area contributed by atoms with E-state index in [0.717, 1.165) is 6.92 Å². The van der Waals surface area contributed by atoms with Crippen molar-refractivity contribution in [3.63, 3.8) is 0 Å². The first-order chi connectivity index (χ1) is 9.20. The Morgan fingerprint density at radius 3 is 2.35 bits per heavy atom. The Morgan fingerprint density at radius 2 is 1.95 bits per heavy atom. The van der Waals surface area contributed by atoms with Crippen molar-refractivity contribution in [1.29, 1.82) is 0 Å². The highest BCUT2D eigenvalue weighted by molar-refractivity contribution is 5.70. The first-order valence-corrected chi connectivity index (χ1v) is 6.06. The number of carbonyl (C=O) groups is 1. The summed E-state index contributed by atoms with van der Waals surface area (Å²) >= 11 is 0. The summed E-state index contributed by atoms with van der Waals surface area (Å²) in [5.74, 6) is -4.30. The minimum absolute atomic E-state index is 0.0821. The van der Waals surface area contributed by atoms with Crippen molar-refractivity contribution in [1.82, 2.24) is 0 Å². The molecule has 0 bridgehead atoms. The van der Waals surface area contributed by atoms with Gasteiger partial charge >= 0.3 is 5.97 Å². The highest BCUT2D eigenvalue weighted by Gasteiger charge is 2.28. The zero-order chi connectivity index (χ0) is 15.5. The largest absolute Gasteiger partial charge is 0.493 e. The van der Waals surface area contributed by atoms with Crippen molar-refractivity contribution in [2.75, 3.05) is 14.2 Å². The zero-order valence-corrected chi connectivity index (χ0v) is 11.9. The maximum atomic E-state index is 13.5. The summed E-state index contributed by atoms with van der Waals surface area (Å²) in [7, 11) is 2.73. The lowest BCUT2D eigenvalue weighted by Crippen LogP contribution is -2.15. The fraction of sp³-hybridized carbons (Fsp3) is 0.500. The molecule has 0 aromatic heterocycles. The van der Waals surface area contributed by atoms with Crippen LogP contribution in [-0.2, 0) is 17.1 Å². The standard InChI is InChI=1S/C14H18F2O4/c1-8(13(17)18)5-9-6-10(14(2,15)16)7-11(19-3)12(9)20-4/h6-8H,5H2,1-4H3,(H,17,18). The molecule has 112 valence electrons. The second-order valence-corrected chi connectivity index (χ2v) is 4.70. The topological polar surface area (TPSA) is 55.8 Å². The van der Waals surface area contributed by atoms with Crippen molar-refractivity contribution in [2.24, 2.45) is 5.92 Å². The molecule has 0 aliphatic heterocycles. The molecule has 0 aliphatic rings. The second-order valence-electron chi connectivity index (χ2n) is 4.70. The van der Waals surface area contributed by atoms with Crippen molar-refractivity contribution < 1.29 is 28.2 Å². The Bertz CT molecular complexity index is 495. The van der Waals surface area contributed by atoms with Crippen LogP contribution in [0.4, 0.5) is 8.78 Å². The van der Waals surface area contributed by atoms with E-state index in [0.29, 0.717) is 5.56 Å². The third-order valence-corrected chi connectivity index (χ3v) is 3.01. The number of carboxylic acids is 1. The first-order valence-electron chi connectivity index (χ1n) is 6.06. The quantitative estimate of drug-likeness (QED) is 0.874. The Labute approximate surface area is 116 Å². The van der Waals surface area contributed by atoms with Gasteiger partial charge in [0.05, 0.1) is 20.1 Å². The molecule has 1 N–H and O–H groups in total. The van der Waals surface area contributed by atoms with E-state index >= 15 is 0 Å². The summed E-state index contributed by atoms with van der Waals surface area (Å²) in [6.07, 6.45) is 0.0821. The number of benzene rings is 1. The predicted octanol–water partition coefficient (Wildman–Crippen LogP) is 3.08. The molecule has 1 atom stereocenters. The van der Waals surface area contributed by atoms with Crippen LogP contribution >= 0.6 is 0 Å². The maximum Gasteiger partial charge on any atom is 0.306 e. The summed E-state index contributed by atoms with van der Waals surface area (Å²) < 4.78 is 37.1. The monoisotopic (exact) mass is 288 g/mol. The molecule has 1 unspecified atom stereocenters. The van der Waals surface area contributed by atoms with Crippen LogP contribution in [0.3, 0.4) is 0 Å². The predicted molar refractivity (Wildman–Crippen MR) is 69.6 cm³/mol. The summed E-state index contributed by atoms with van der Waals surface area (Å²) in [5, 5.41) is 8.94. The van der Waals surface area contributed by atoms with Crippen LogP contribution in [0.25, 0.3) is 0 Å². The Balaban J connectivity index is 3.34. The van der Waals surface area contributed by atoms with E-state index in [1.54, 1.807) is 0 Å². The summed E-state index contributed by atoms with van der Waals surface area (Å²) in [6.45, 7) is 2.28. The number of carboxylic acid groups (broad SMARTS) is 1. The molecule has 0 saturated heterocycles. The number of halogens is 2. The average molecular weight is 288 g/mol. The van der Waals surface area contributed by atoms with E-state index in [9.17, 15) is 13.6 Å². The summed E-state index contributed by atoms with van der Waals surface area (Å²) in [4.78, 5) is 10.9. The van der Waals surface area contributed by atoms with Gasteiger partial charge in [0.1, 0.15) is 0 Å². The third kappa shape index (κ3) is 3.59. The molecule has 6 heteroatoms. The lowest BCUT2D eigenvalue weighted by molar-refractivity contribution is -0.141. The van der Waals surface area contributed by atoms with Gasteiger partial charge in [-0.2, -0.15) is 0 Å². The fourth-order valence-electron chi connectivity index (χ4n) is 1.87. The number of rotatable bonds is 6.